The zero-order chi connectivity index (χ0) is 38.3. The lowest BCUT2D eigenvalue weighted by Gasteiger charge is -2.45. The van der Waals surface area contributed by atoms with E-state index < -0.39 is 24.2 Å². The molecule has 0 spiro atoms. The van der Waals surface area contributed by atoms with Crippen LogP contribution in [-0.4, -0.2) is 50.6 Å². The lowest BCUT2D eigenvalue weighted by Crippen LogP contribution is -2.57. The van der Waals surface area contributed by atoms with Gasteiger partial charge in [0, 0.05) is 12.8 Å². The normalized spacial score (nSPS) is 13.4. The van der Waals surface area contributed by atoms with Crippen molar-refractivity contribution in [1.29, 1.82) is 0 Å². The molecule has 0 N–H and O–H groups in total. The molecule has 7 heteroatoms. The van der Waals surface area contributed by atoms with Gasteiger partial charge in [-0.15, -0.1) is 0 Å². The van der Waals surface area contributed by atoms with Crippen LogP contribution < -0.4 is 0 Å². The maximum Gasteiger partial charge on any atom is 0.220 e. The summed E-state index contributed by atoms with van der Waals surface area (Å²) in [7, 11) is 0. The van der Waals surface area contributed by atoms with E-state index in [2.05, 4.69) is 65.8 Å². The molecule has 0 aromatic heterocycles. The number of unbranched alkanes of at least 4 members (excludes halogenated alkanes) is 10. The van der Waals surface area contributed by atoms with Crippen molar-refractivity contribution in [2.45, 2.75) is 194 Å². The molecule has 0 aliphatic heterocycles. The van der Waals surface area contributed by atoms with Gasteiger partial charge >= 0.3 is 0 Å². The van der Waals surface area contributed by atoms with E-state index in [1.165, 1.54) is 0 Å². The van der Waals surface area contributed by atoms with E-state index in [0.29, 0.717) is 52.5 Å². The largest absolute Gasteiger partial charge is 0.346 e. The molecule has 0 aliphatic carbocycles. The first-order valence-corrected chi connectivity index (χ1v) is 21.5. The van der Waals surface area contributed by atoms with E-state index in [1.54, 1.807) is 0 Å². The van der Waals surface area contributed by atoms with Gasteiger partial charge in [-0.05, 0) is 49.7 Å². The van der Waals surface area contributed by atoms with Gasteiger partial charge in [-0.2, -0.15) is 0 Å². The molecule has 2 atom stereocenters. The highest BCUT2D eigenvalue weighted by atomic mass is 16.8. The topological polar surface area (TPSA) is 64.6 Å². The summed E-state index contributed by atoms with van der Waals surface area (Å²) < 4.78 is 48.9. The van der Waals surface area contributed by atoms with Crippen LogP contribution in [0.25, 0.3) is 0 Å². The Labute approximate surface area is 325 Å². The molecule has 0 saturated heterocycles. The smallest absolute Gasteiger partial charge is 0.220 e. The summed E-state index contributed by atoms with van der Waals surface area (Å²) in [5.41, 5.74) is 2.10. The third-order valence-corrected chi connectivity index (χ3v) is 9.59. The Hall–Kier alpha value is -1.84. The highest BCUT2D eigenvalue weighted by molar-refractivity contribution is 5.14. The van der Waals surface area contributed by atoms with Crippen LogP contribution in [0.3, 0.4) is 0 Å². The van der Waals surface area contributed by atoms with Crippen molar-refractivity contribution in [2.75, 3.05) is 26.4 Å². The van der Waals surface area contributed by atoms with Crippen molar-refractivity contribution in [3.63, 3.8) is 0 Å². The van der Waals surface area contributed by atoms with Crippen molar-refractivity contribution < 1.29 is 33.2 Å². The maximum atomic E-state index is 7.32. The van der Waals surface area contributed by atoms with E-state index in [0.717, 1.165) is 114 Å². The Morgan fingerprint density at radius 1 is 0.396 bits per heavy atom. The van der Waals surface area contributed by atoms with Crippen molar-refractivity contribution in [1.82, 2.24) is 0 Å². The summed E-state index contributed by atoms with van der Waals surface area (Å²) in [6.07, 6.45) is 15.7. The predicted molar refractivity (Wildman–Crippen MR) is 218 cm³/mol. The molecule has 2 aromatic carbocycles. The standard InChI is InChI=1S/C46H78O7/c1-7-13-19-27-33-45(49-35-15-9-3,50-36-16-10-4)43(47-39-41-29-23-21-24-30-41)53-44(48-40-42-31-25-22-26-32-42)46(51-37-17-11-5,52-38-18-12-6)34-28-20-14-8-2/h21-26,29-32,43-44H,7-20,27-28,33-40H2,1-6H3. The molecule has 2 aromatic rings. The first-order chi connectivity index (χ1) is 26.0. The summed E-state index contributed by atoms with van der Waals surface area (Å²) in [5, 5.41) is 0. The molecule has 0 bridgehead atoms. The SMILES string of the molecule is CCCCCCC(OCCCC)(OCCCC)C(OCc1ccccc1)OC(OCc1ccccc1)C(CCCCCC)(OCCCC)OCCCC. The zero-order valence-electron chi connectivity index (χ0n) is 34.8. The Bertz CT molecular complexity index is 976. The minimum absolute atomic E-state index is 0.332. The number of benzene rings is 2. The number of hydrogen-bond acceptors (Lipinski definition) is 7. The Kier molecular flexibility index (Phi) is 27.1. The van der Waals surface area contributed by atoms with E-state index >= 15 is 0 Å². The first-order valence-electron chi connectivity index (χ1n) is 21.5. The number of rotatable bonds is 36. The van der Waals surface area contributed by atoms with Gasteiger partial charge in [0.05, 0.1) is 39.6 Å². The van der Waals surface area contributed by atoms with Crippen molar-refractivity contribution in [3.05, 3.63) is 71.8 Å². The fourth-order valence-electron chi connectivity index (χ4n) is 6.18. The van der Waals surface area contributed by atoms with Crippen LogP contribution in [0.2, 0.25) is 0 Å². The van der Waals surface area contributed by atoms with Crippen molar-refractivity contribution >= 4 is 0 Å². The minimum Gasteiger partial charge on any atom is -0.346 e. The average molecular weight is 743 g/mol. The van der Waals surface area contributed by atoms with Gasteiger partial charge in [0.1, 0.15) is 0 Å². The van der Waals surface area contributed by atoms with E-state index in [9.17, 15) is 0 Å². The van der Waals surface area contributed by atoms with Crippen LogP contribution in [-0.2, 0) is 46.4 Å². The summed E-state index contributed by atoms with van der Waals surface area (Å²) in [6, 6.07) is 20.5. The second kappa shape index (κ2) is 30.4. The van der Waals surface area contributed by atoms with Crippen LogP contribution in [0.4, 0.5) is 0 Å². The summed E-state index contributed by atoms with van der Waals surface area (Å²) in [5.74, 6) is -2.30. The van der Waals surface area contributed by atoms with Crippen molar-refractivity contribution in [3.8, 4) is 0 Å². The van der Waals surface area contributed by atoms with Crippen LogP contribution in [0.1, 0.15) is 168 Å². The molecular weight excluding hydrogens is 664 g/mol. The fraction of sp³-hybridized carbons (Fsp3) is 0.739. The van der Waals surface area contributed by atoms with Crippen LogP contribution in [0.5, 0.6) is 0 Å². The minimum atomic E-state index is -1.15. The lowest BCUT2D eigenvalue weighted by atomic mass is 10.0. The lowest BCUT2D eigenvalue weighted by molar-refractivity contribution is -0.429. The van der Waals surface area contributed by atoms with Crippen LogP contribution >= 0.6 is 0 Å². The van der Waals surface area contributed by atoms with Gasteiger partial charge in [-0.3, -0.25) is 0 Å². The third-order valence-electron chi connectivity index (χ3n) is 9.59. The zero-order valence-corrected chi connectivity index (χ0v) is 34.8. The monoisotopic (exact) mass is 743 g/mol. The molecule has 0 amide bonds. The second-order valence-corrected chi connectivity index (χ2v) is 14.4. The van der Waals surface area contributed by atoms with E-state index in [-0.39, 0.29) is 0 Å². The summed E-state index contributed by atoms with van der Waals surface area (Å²) in [4.78, 5) is 0. The Morgan fingerprint density at radius 3 is 1.02 bits per heavy atom. The number of hydrogen-bond donors (Lipinski definition) is 0. The van der Waals surface area contributed by atoms with Gasteiger partial charge in [0.2, 0.25) is 24.2 Å². The van der Waals surface area contributed by atoms with Gasteiger partial charge < -0.3 is 33.2 Å². The van der Waals surface area contributed by atoms with Crippen LogP contribution in [0.15, 0.2) is 60.7 Å². The molecule has 0 radical (unpaired) electrons. The second-order valence-electron chi connectivity index (χ2n) is 14.4. The molecule has 0 fully saturated rings. The van der Waals surface area contributed by atoms with Gasteiger partial charge in [-0.1, -0.05) is 166 Å². The highest BCUT2D eigenvalue weighted by Crippen LogP contribution is 2.37. The molecule has 53 heavy (non-hydrogen) atoms. The molecule has 0 aliphatic rings. The molecule has 0 saturated carbocycles. The van der Waals surface area contributed by atoms with E-state index in [4.69, 9.17) is 33.2 Å². The number of ether oxygens (including phenoxy) is 7. The molecule has 2 unspecified atom stereocenters. The quantitative estimate of drug-likeness (QED) is 0.0509. The third kappa shape index (κ3) is 19.0. The molecule has 0 heterocycles. The molecule has 7 nitrogen and oxygen atoms in total. The average Bonchev–Trinajstić information content (AvgIpc) is 3.18. The summed E-state index contributed by atoms with van der Waals surface area (Å²) >= 11 is 0. The molecule has 304 valence electrons. The van der Waals surface area contributed by atoms with E-state index in [1.807, 2.05) is 36.4 Å². The van der Waals surface area contributed by atoms with Gasteiger partial charge in [0.15, 0.2) is 0 Å². The molecular formula is C46H78O7. The maximum absolute atomic E-state index is 7.32. The Morgan fingerprint density at radius 2 is 0.717 bits per heavy atom. The Balaban J connectivity index is 2.75. The predicted octanol–water partition coefficient (Wildman–Crippen LogP) is 12.7. The van der Waals surface area contributed by atoms with Gasteiger partial charge in [0.25, 0.3) is 0 Å². The first kappa shape index (κ1) is 47.3. The van der Waals surface area contributed by atoms with Crippen molar-refractivity contribution in [2.24, 2.45) is 0 Å². The van der Waals surface area contributed by atoms with Crippen LogP contribution in [0, 0.1) is 0 Å². The van der Waals surface area contributed by atoms with Gasteiger partial charge in [-0.25, -0.2) is 0 Å². The fourth-order valence-corrected chi connectivity index (χ4v) is 6.18. The molecule has 2 rings (SSSR count). The summed E-state index contributed by atoms with van der Waals surface area (Å²) in [6.45, 7) is 16.1. The highest BCUT2D eigenvalue weighted by Gasteiger charge is 2.50.